The van der Waals surface area contributed by atoms with Crippen molar-refractivity contribution in [3.05, 3.63) is 32.7 Å². The standard InChI is InChI=1S/C13H21BrN2O3S/c1-13(2,3)20(19)15-11(5-6-17)9-7-12(18)16(4)8-10(9)14/h7-8,11,15,17H,5-6H2,1-4H3/t11?,20-/m0/s1. The first kappa shape index (κ1) is 17.7. The maximum absolute atomic E-state index is 12.2. The van der Waals surface area contributed by atoms with E-state index in [0.29, 0.717) is 12.0 Å². The van der Waals surface area contributed by atoms with E-state index in [2.05, 4.69) is 20.7 Å². The number of halogens is 1. The first-order valence-electron chi connectivity index (χ1n) is 6.31. The Labute approximate surface area is 130 Å². The minimum Gasteiger partial charge on any atom is -0.598 e. The minimum absolute atomic E-state index is 0.0549. The van der Waals surface area contributed by atoms with Crippen LogP contribution in [0.4, 0.5) is 0 Å². The molecular formula is C13H21BrN2O3S. The molecule has 20 heavy (non-hydrogen) atoms. The molecular weight excluding hydrogens is 344 g/mol. The highest BCUT2D eigenvalue weighted by molar-refractivity contribution is 9.10. The number of aliphatic hydroxyl groups is 1. The van der Waals surface area contributed by atoms with Crippen molar-refractivity contribution in [3.8, 4) is 0 Å². The first-order valence-corrected chi connectivity index (χ1v) is 8.26. The second kappa shape index (κ2) is 7.09. The van der Waals surface area contributed by atoms with Gasteiger partial charge in [0, 0.05) is 41.8 Å². The molecule has 0 aliphatic rings. The molecule has 0 saturated heterocycles. The Bertz CT molecular complexity index is 513. The molecule has 2 atom stereocenters. The van der Waals surface area contributed by atoms with Crippen molar-refractivity contribution in [1.29, 1.82) is 0 Å². The lowest BCUT2D eigenvalue weighted by atomic mass is 10.1. The van der Waals surface area contributed by atoms with E-state index in [1.54, 1.807) is 13.2 Å². The lowest BCUT2D eigenvalue weighted by molar-refractivity contribution is 0.272. The SMILES string of the molecule is Cn1cc(Br)c(C(CCO)N[S@@+]([O-])C(C)(C)C)cc1=O. The summed E-state index contributed by atoms with van der Waals surface area (Å²) in [4.78, 5) is 11.8. The molecule has 5 nitrogen and oxygen atoms in total. The summed E-state index contributed by atoms with van der Waals surface area (Å²) in [5, 5.41) is 9.19. The Kier molecular flexibility index (Phi) is 6.27. The second-order valence-corrected chi connectivity index (χ2v) is 8.44. The summed E-state index contributed by atoms with van der Waals surface area (Å²) in [7, 11) is 1.67. The van der Waals surface area contributed by atoms with E-state index in [4.69, 9.17) is 0 Å². The van der Waals surface area contributed by atoms with Gasteiger partial charge in [-0.05, 0) is 48.7 Å². The van der Waals surface area contributed by atoms with Gasteiger partial charge in [-0.1, -0.05) is 0 Å². The second-order valence-electron chi connectivity index (χ2n) is 5.59. The van der Waals surface area contributed by atoms with E-state index >= 15 is 0 Å². The number of aromatic nitrogens is 1. The number of aryl methyl sites for hydroxylation is 1. The summed E-state index contributed by atoms with van der Waals surface area (Å²) >= 11 is 2.13. The molecule has 0 aliphatic carbocycles. The fourth-order valence-corrected chi connectivity index (χ4v) is 3.15. The summed E-state index contributed by atoms with van der Waals surface area (Å²) in [5.41, 5.74) is 0.564. The van der Waals surface area contributed by atoms with Crippen LogP contribution in [-0.4, -0.2) is 25.6 Å². The van der Waals surface area contributed by atoms with Crippen LogP contribution in [0.1, 0.15) is 38.8 Å². The van der Waals surface area contributed by atoms with E-state index in [-0.39, 0.29) is 18.2 Å². The molecule has 1 aromatic rings. The summed E-state index contributed by atoms with van der Waals surface area (Å²) < 4.78 is 17.0. The molecule has 0 amide bonds. The van der Waals surface area contributed by atoms with Gasteiger partial charge in [0.05, 0.1) is 6.04 Å². The van der Waals surface area contributed by atoms with Crippen molar-refractivity contribution in [2.45, 2.75) is 38.0 Å². The van der Waals surface area contributed by atoms with Gasteiger partial charge in [-0.3, -0.25) is 4.79 Å². The molecule has 0 saturated carbocycles. The van der Waals surface area contributed by atoms with Crippen LogP contribution >= 0.6 is 15.9 Å². The fraction of sp³-hybridized carbons (Fsp3) is 0.615. The molecule has 7 heteroatoms. The minimum atomic E-state index is -1.28. The molecule has 114 valence electrons. The Morgan fingerprint density at radius 3 is 2.65 bits per heavy atom. The van der Waals surface area contributed by atoms with Gasteiger partial charge >= 0.3 is 0 Å². The predicted octanol–water partition coefficient (Wildman–Crippen LogP) is 1.62. The van der Waals surface area contributed by atoms with Gasteiger partial charge in [0.25, 0.3) is 5.56 Å². The van der Waals surface area contributed by atoms with E-state index in [1.807, 2.05) is 20.8 Å². The van der Waals surface area contributed by atoms with Crippen LogP contribution in [0.3, 0.4) is 0 Å². The molecule has 0 spiro atoms. The number of nitrogens with zero attached hydrogens (tertiary/aromatic N) is 1. The molecule has 0 aliphatic heterocycles. The van der Waals surface area contributed by atoms with Crippen LogP contribution in [0.25, 0.3) is 0 Å². The molecule has 1 heterocycles. The van der Waals surface area contributed by atoms with Crippen LogP contribution in [-0.2, 0) is 18.4 Å². The smallest absolute Gasteiger partial charge is 0.250 e. The largest absolute Gasteiger partial charge is 0.598 e. The zero-order chi connectivity index (χ0) is 15.5. The zero-order valence-corrected chi connectivity index (χ0v) is 14.5. The molecule has 0 radical (unpaired) electrons. The molecule has 1 unspecified atom stereocenters. The van der Waals surface area contributed by atoms with Crippen molar-refractivity contribution in [2.24, 2.45) is 7.05 Å². The lowest BCUT2D eigenvalue weighted by Crippen LogP contribution is -2.41. The molecule has 1 rings (SSSR count). The summed E-state index contributed by atoms with van der Waals surface area (Å²) in [6.45, 7) is 5.54. The maximum atomic E-state index is 12.2. The van der Waals surface area contributed by atoms with Crippen molar-refractivity contribution >= 4 is 27.3 Å². The van der Waals surface area contributed by atoms with Gasteiger partial charge < -0.3 is 14.2 Å². The number of pyridine rings is 1. The van der Waals surface area contributed by atoms with Crippen molar-refractivity contribution in [2.75, 3.05) is 6.61 Å². The number of hydrogen-bond acceptors (Lipinski definition) is 4. The van der Waals surface area contributed by atoms with E-state index in [0.717, 1.165) is 4.47 Å². The average Bonchev–Trinajstić information content (AvgIpc) is 2.32. The fourth-order valence-electron chi connectivity index (χ4n) is 1.59. The van der Waals surface area contributed by atoms with Crippen LogP contribution in [0.2, 0.25) is 0 Å². The van der Waals surface area contributed by atoms with Crippen LogP contribution in [0, 0.1) is 0 Å². The van der Waals surface area contributed by atoms with Gasteiger partial charge in [-0.2, -0.15) is 0 Å². The highest BCUT2D eigenvalue weighted by Crippen LogP contribution is 2.26. The molecule has 0 aromatic carbocycles. The normalized spacial score (nSPS) is 15.2. The summed E-state index contributed by atoms with van der Waals surface area (Å²) in [6.07, 6.45) is 2.05. The quantitative estimate of drug-likeness (QED) is 0.778. The Hall–Kier alpha value is -0.340. The van der Waals surface area contributed by atoms with E-state index in [1.165, 1.54) is 10.6 Å². The summed E-state index contributed by atoms with van der Waals surface area (Å²) in [5.74, 6) is 0. The van der Waals surface area contributed by atoms with E-state index in [9.17, 15) is 14.5 Å². The highest BCUT2D eigenvalue weighted by Gasteiger charge is 2.30. The number of hydrogen-bond donors (Lipinski definition) is 2. The molecule has 1 aromatic heterocycles. The third-order valence-corrected chi connectivity index (χ3v) is 5.08. The molecule has 0 fully saturated rings. The lowest BCUT2D eigenvalue weighted by Gasteiger charge is -2.28. The number of aliphatic hydroxyl groups excluding tert-OH is 1. The van der Waals surface area contributed by atoms with Crippen molar-refractivity contribution in [1.82, 2.24) is 9.29 Å². The average molecular weight is 365 g/mol. The van der Waals surface area contributed by atoms with Crippen LogP contribution in [0.15, 0.2) is 21.5 Å². The van der Waals surface area contributed by atoms with Gasteiger partial charge in [-0.25, -0.2) is 0 Å². The van der Waals surface area contributed by atoms with E-state index < -0.39 is 16.1 Å². The number of rotatable bonds is 5. The summed E-state index contributed by atoms with van der Waals surface area (Å²) in [6, 6.07) is 1.15. The first-order chi connectivity index (χ1) is 9.16. The number of nitrogens with one attached hydrogen (secondary N) is 1. The monoisotopic (exact) mass is 364 g/mol. The molecule has 0 bridgehead atoms. The van der Waals surface area contributed by atoms with Gasteiger partial charge in [0.1, 0.15) is 4.75 Å². The van der Waals surface area contributed by atoms with Crippen molar-refractivity contribution in [3.63, 3.8) is 0 Å². The van der Waals surface area contributed by atoms with Crippen LogP contribution in [0.5, 0.6) is 0 Å². The van der Waals surface area contributed by atoms with Crippen LogP contribution < -0.4 is 10.3 Å². The van der Waals surface area contributed by atoms with Crippen molar-refractivity contribution < 1.29 is 9.66 Å². The molecule has 2 N–H and O–H groups in total. The Morgan fingerprint density at radius 1 is 1.55 bits per heavy atom. The van der Waals surface area contributed by atoms with Gasteiger partial charge in [0.2, 0.25) is 0 Å². The predicted molar refractivity (Wildman–Crippen MR) is 84.9 cm³/mol. The Morgan fingerprint density at radius 2 is 2.15 bits per heavy atom. The Balaban J connectivity index is 3.08. The topological polar surface area (TPSA) is 77.3 Å². The zero-order valence-electron chi connectivity index (χ0n) is 12.1. The van der Waals surface area contributed by atoms with Gasteiger partial charge in [-0.15, -0.1) is 4.72 Å². The van der Waals surface area contributed by atoms with Gasteiger partial charge in [0.15, 0.2) is 0 Å². The third-order valence-electron chi connectivity index (χ3n) is 2.81. The maximum Gasteiger partial charge on any atom is 0.250 e. The highest BCUT2D eigenvalue weighted by atomic mass is 79.9. The third kappa shape index (κ3) is 4.60.